The zero-order valence-corrected chi connectivity index (χ0v) is 7.69. The lowest BCUT2D eigenvalue weighted by Crippen LogP contribution is -2.39. The van der Waals surface area contributed by atoms with Crippen LogP contribution >= 0.6 is 0 Å². The number of carboxylic acids is 2. The Hall–Kier alpha value is -1.82. The summed E-state index contributed by atoms with van der Waals surface area (Å²) in [5, 5.41) is 17.9. The first-order valence-electron chi connectivity index (χ1n) is 4.34. The molecule has 1 aliphatic heterocycles. The minimum atomic E-state index is -1.85. The normalized spacial score (nSPS) is 22.1. The highest BCUT2D eigenvalue weighted by atomic mass is 16.7. The molecule has 0 aromatic carbocycles. The molecule has 0 amide bonds. The highest BCUT2D eigenvalue weighted by Gasteiger charge is 2.47. The highest BCUT2D eigenvalue weighted by Crippen LogP contribution is 2.36. The quantitative estimate of drug-likeness (QED) is 0.551. The van der Waals surface area contributed by atoms with E-state index in [0.717, 1.165) is 6.08 Å². The average Bonchev–Trinajstić information content (AvgIpc) is 2.62. The Kier molecular flexibility index (Phi) is 2.01. The summed E-state index contributed by atoms with van der Waals surface area (Å²) in [7, 11) is 0. The van der Waals surface area contributed by atoms with Gasteiger partial charge in [-0.1, -0.05) is 6.08 Å². The fourth-order valence-corrected chi connectivity index (χ4v) is 1.66. The molecule has 0 atom stereocenters. The molecule has 6 heteroatoms. The van der Waals surface area contributed by atoms with Crippen molar-refractivity contribution in [2.24, 2.45) is 5.41 Å². The van der Waals surface area contributed by atoms with E-state index in [9.17, 15) is 9.59 Å². The number of aliphatic carboxylic acids is 2. The van der Waals surface area contributed by atoms with Crippen molar-refractivity contribution in [2.45, 2.75) is 6.42 Å². The van der Waals surface area contributed by atoms with Crippen molar-refractivity contribution in [3.63, 3.8) is 0 Å². The Morgan fingerprint density at radius 1 is 1.40 bits per heavy atom. The number of allylic oxidation sites excluding steroid dienone is 1. The summed E-state index contributed by atoms with van der Waals surface area (Å²) in [5.41, 5.74) is 1.38. The van der Waals surface area contributed by atoms with E-state index < -0.39 is 17.4 Å². The summed E-state index contributed by atoms with van der Waals surface area (Å²) >= 11 is 0. The van der Waals surface area contributed by atoms with Gasteiger partial charge in [-0.3, -0.25) is 9.59 Å². The molecule has 0 aromatic rings. The average molecular weight is 211 g/mol. The summed E-state index contributed by atoms with van der Waals surface area (Å²) < 4.78 is 0. The van der Waals surface area contributed by atoms with Crippen molar-refractivity contribution in [3.05, 3.63) is 23.5 Å². The van der Waals surface area contributed by atoms with E-state index in [2.05, 4.69) is 5.48 Å². The molecule has 0 saturated carbocycles. The minimum absolute atomic E-state index is 0.0590. The van der Waals surface area contributed by atoms with Crippen LogP contribution in [0.15, 0.2) is 23.5 Å². The van der Waals surface area contributed by atoms with Gasteiger partial charge in [-0.05, 0) is 11.6 Å². The smallest absolute Gasteiger partial charge is 0.325 e. The van der Waals surface area contributed by atoms with Crippen molar-refractivity contribution in [1.29, 1.82) is 0 Å². The van der Waals surface area contributed by atoms with E-state index in [1.807, 2.05) is 0 Å². The molecule has 1 heterocycles. The zero-order chi connectivity index (χ0) is 11.1. The Bertz CT molecular complexity index is 381. The molecule has 0 bridgehead atoms. The van der Waals surface area contributed by atoms with Crippen LogP contribution in [0.4, 0.5) is 0 Å². The van der Waals surface area contributed by atoms with Crippen molar-refractivity contribution in [1.82, 2.24) is 5.48 Å². The number of carbonyl (C=O) groups is 2. The van der Waals surface area contributed by atoms with E-state index >= 15 is 0 Å². The molecule has 0 spiro atoms. The van der Waals surface area contributed by atoms with Gasteiger partial charge in [0.15, 0.2) is 5.41 Å². The summed E-state index contributed by atoms with van der Waals surface area (Å²) in [5.74, 6) is -2.19. The molecule has 80 valence electrons. The van der Waals surface area contributed by atoms with Crippen molar-refractivity contribution in [3.8, 4) is 0 Å². The molecule has 2 aliphatic rings. The van der Waals surface area contributed by atoms with Crippen LogP contribution in [0.1, 0.15) is 6.42 Å². The standard InChI is InChI=1S/C9H9NO5/c11-7(12)9(8(13)14)2-1-6-5(3-9)4-10-15-6/h1-2,10H,3-4H2,(H,11,12)(H,13,14). The van der Waals surface area contributed by atoms with Gasteiger partial charge in [-0.2, -0.15) is 5.48 Å². The zero-order valence-electron chi connectivity index (χ0n) is 7.69. The maximum atomic E-state index is 11.0. The number of carboxylic acid groups (broad SMARTS) is 2. The molecule has 6 nitrogen and oxygen atoms in total. The van der Waals surface area contributed by atoms with Crippen LogP contribution in [0.5, 0.6) is 0 Å². The Balaban J connectivity index is 2.37. The fraction of sp³-hybridized carbons (Fsp3) is 0.333. The second-order valence-corrected chi connectivity index (χ2v) is 3.48. The monoisotopic (exact) mass is 211 g/mol. The number of hydrogen-bond donors (Lipinski definition) is 3. The largest absolute Gasteiger partial charge is 0.480 e. The summed E-state index contributed by atoms with van der Waals surface area (Å²) in [6, 6.07) is 0. The maximum absolute atomic E-state index is 11.0. The molecule has 1 aliphatic carbocycles. The van der Waals surface area contributed by atoms with Crippen molar-refractivity contribution in [2.75, 3.05) is 6.54 Å². The molecule has 0 aromatic heterocycles. The van der Waals surface area contributed by atoms with Crippen LogP contribution in [-0.4, -0.2) is 28.7 Å². The Morgan fingerprint density at radius 3 is 2.67 bits per heavy atom. The van der Waals surface area contributed by atoms with Gasteiger partial charge in [-0.25, -0.2) is 0 Å². The highest BCUT2D eigenvalue weighted by molar-refractivity contribution is 6.01. The second-order valence-electron chi connectivity index (χ2n) is 3.48. The number of nitrogens with one attached hydrogen (secondary N) is 1. The first-order valence-corrected chi connectivity index (χ1v) is 4.34. The number of hydroxylamine groups is 1. The topological polar surface area (TPSA) is 95.9 Å². The van der Waals surface area contributed by atoms with Gasteiger partial charge in [0.05, 0.1) is 6.54 Å². The first kappa shape index (κ1) is 9.72. The molecule has 3 N–H and O–H groups in total. The van der Waals surface area contributed by atoms with Crippen LogP contribution in [0, 0.1) is 5.41 Å². The summed E-state index contributed by atoms with van der Waals surface area (Å²) in [6.45, 7) is 0.363. The van der Waals surface area contributed by atoms with Crippen molar-refractivity contribution >= 4 is 11.9 Å². The molecule has 0 radical (unpaired) electrons. The van der Waals surface area contributed by atoms with Gasteiger partial charge in [0, 0.05) is 6.42 Å². The van der Waals surface area contributed by atoms with Crippen LogP contribution in [0.2, 0.25) is 0 Å². The van der Waals surface area contributed by atoms with Crippen LogP contribution in [0.3, 0.4) is 0 Å². The van der Waals surface area contributed by atoms with Gasteiger partial charge in [0.1, 0.15) is 5.76 Å². The van der Waals surface area contributed by atoms with Gasteiger partial charge < -0.3 is 15.1 Å². The van der Waals surface area contributed by atoms with Gasteiger partial charge >= 0.3 is 11.9 Å². The fourth-order valence-electron chi connectivity index (χ4n) is 1.66. The van der Waals surface area contributed by atoms with Gasteiger partial charge in [0.25, 0.3) is 0 Å². The second kappa shape index (κ2) is 3.09. The van der Waals surface area contributed by atoms with Crippen LogP contribution in [0.25, 0.3) is 0 Å². The van der Waals surface area contributed by atoms with E-state index in [1.165, 1.54) is 6.08 Å². The van der Waals surface area contributed by atoms with Crippen LogP contribution in [-0.2, 0) is 14.4 Å². The minimum Gasteiger partial charge on any atom is -0.480 e. The van der Waals surface area contributed by atoms with Crippen LogP contribution < -0.4 is 5.48 Å². The van der Waals surface area contributed by atoms with E-state index in [0.29, 0.717) is 17.9 Å². The first-order chi connectivity index (χ1) is 7.06. The molecule has 2 rings (SSSR count). The maximum Gasteiger partial charge on any atom is 0.325 e. The molecular weight excluding hydrogens is 202 g/mol. The van der Waals surface area contributed by atoms with E-state index in [-0.39, 0.29) is 6.42 Å². The predicted molar refractivity (Wildman–Crippen MR) is 47.6 cm³/mol. The third-order valence-electron chi connectivity index (χ3n) is 2.59. The molecule has 0 unspecified atom stereocenters. The predicted octanol–water partition coefficient (Wildman–Crippen LogP) is -0.109. The Morgan fingerprint density at radius 2 is 2.07 bits per heavy atom. The van der Waals surface area contributed by atoms with E-state index in [1.54, 1.807) is 0 Å². The van der Waals surface area contributed by atoms with E-state index in [4.69, 9.17) is 15.1 Å². The molecular formula is C9H9NO5. The lowest BCUT2D eigenvalue weighted by Gasteiger charge is -2.23. The SMILES string of the molecule is O=C(O)C1(C(=O)O)C=CC2=C(CNO2)C1. The number of hydrogen-bond acceptors (Lipinski definition) is 4. The molecule has 15 heavy (non-hydrogen) atoms. The molecule has 0 saturated heterocycles. The molecule has 0 fully saturated rings. The summed E-state index contributed by atoms with van der Waals surface area (Å²) in [4.78, 5) is 26.9. The third-order valence-corrected chi connectivity index (χ3v) is 2.59. The Labute approximate surface area is 84.8 Å². The number of rotatable bonds is 2. The van der Waals surface area contributed by atoms with Gasteiger partial charge in [-0.15, -0.1) is 0 Å². The third kappa shape index (κ3) is 1.30. The lowest BCUT2D eigenvalue weighted by molar-refractivity contribution is -0.160. The van der Waals surface area contributed by atoms with Crippen molar-refractivity contribution < 1.29 is 24.6 Å². The lowest BCUT2D eigenvalue weighted by atomic mass is 9.78. The van der Waals surface area contributed by atoms with Gasteiger partial charge in [0.2, 0.25) is 0 Å². The summed E-state index contributed by atoms with van der Waals surface area (Å²) in [6.07, 6.45) is 2.49.